The van der Waals surface area contributed by atoms with Gasteiger partial charge in [0.2, 0.25) is 11.8 Å². The summed E-state index contributed by atoms with van der Waals surface area (Å²) in [5.74, 6) is 2.05. The molecular formula is C11H22N2O2S2. The molecule has 0 aromatic rings. The highest BCUT2D eigenvalue weighted by Gasteiger charge is 2.18. The molecule has 2 atom stereocenters. The lowest BCUT2D eigenvalue weighted by atomic mass is 10.2. The van der Waals surface area contributed by atoms with Crippen molar-refractivity contribution in [2.75, 3.05) is 17.3 Å². The summed E-state index contributed by atoms with van der Waals surface area (Å²) in [6.07, 6.45) is 0.934. The van der Waals surface area contributed by atoms with Gasteiger partial charge in [-0.1, -0.05) is 6.92 Å². The molecule has 2 N–H and O–H groups in total. The predicted molar refractivity (Wildman–Crippen MR) is 76.7 cm³/mol. The van der Waals surface area contributed by atoms with Crippen molar-refractivity contribution in [2.45, 2.75) is 39.3 Å². The second-order valence-electron chi connectivity index (χ2n) is 3.83. The molecule has 0 spiro atoms. The zero-order valence-electron chi connectivity index (χ0n) is 10.7. The Morgan fingerprint density at radius 2 is 2.00 bits per heavy atom. The molecule has 0 aromatic carbocycles. The second kappa shape index (κ2) is 9.65. The summed E-state index contributed by atoms with van der Waals surface area (Å²) in [5.41, 5.74) is 0. The minimum absolute atomic E-state index is 0.123. The van der Waals surface area contributed by atoms with Gasteiger partial charge < -0.3 is 10.6 Å². The molecule has 0 saturated carbocycles. The van der Waals surface area contributed by atoms with Crippen LogP contribution in [0.2, 0.25) is 0 Å². The van der Waals surface area contributed by atoms with Crippen LogP contribution in [0.25, 0.3) is 0 Å². The SMILES string of the molecule is CCSCCC(C)NC(=O)C(CS)NC(C)=O. The number of amides is 2. The normalized spacial score (nSPS) is 13.9. The molecule has 0 aliphatic carbocycles. The number of carbonyl (C=O) groups is 2. The Bertz CT molecular complexity index is 250. The molecular weight excluding hydrogens is 256 g/mol. The third kappa shape index (κ3) is 8.37. The second-order valence-corrected chi connectivity index (χ2v) is 5.59. The maximum Gasteiger partial charge on any atom is 0.243 e. The number of hydrogen-bond donors (Lipinski definition) is 3. The molecule has 2 amide bonds. The molecule has 0 bridgehead atoms. The van der Waals surface area contributed by atoms with Gasteiger partial charge in [0.25, 0.3) is 0 Å². The van der Waals surface area contributed by atoms with Crippen LogP contribution in [0.5, 0.6) is 0 Å². The van der Waals surface area contributed by atoms with E-state index in [1.807, 2.05) is 18.7 Å². The van der Waals surface area contributed by atoms with Crippen LogP contribution in [-0.2, 0) is 9.59 Å². The van der Waals surface area contributed by atoms with E-state index in [1.54, 1.807) is 0 Å². The molecule has 0 heterocycles. The number of nitrogens with one attached hydrogen (secondary N) is 2. The molecule has 2 unspecified atom stereocenters. The number of carbonyl (C=O) groups excluding carboxylic acids is 2. The highest BCUT2D eigenvalue weighted by Crippen LogP contribution is 2.04. The minimum atomic E-state index is -0.544. The van der Waals surface area contributed by atoms with E-state index in [2.05, 4.69) is 30.2 Å². The summed E-state index contributed by atoms with van der Waals surface area (Å²) >= 11 is 5.91. The van der Waals surface area contributed by atoms with E-state index in [0.29, 0.717) is 5.75 Å². The van der Waals surface area contributed by atoms with Crippen LogP contribution >= 0.6 is 24.4 Å². The Labute approximate surface area is 113 Å². The van der Waals surface area contributed by atoms with Crippen LogP contribution in [0.3, 0.4) is 0 Å². The van der Waals surface area contributed by atoms with Crippen LogP contribution in [0, 0.1) is 0 Å². The van der Waals surface area contributed by atoms with Gasteiger partial charge in [-0.15, -0.1) is 0 Å². The first-order chi connectivity index (χ1) is 8.01. The third-order valence-corrected chi connectivity index (χ3v) is 3.46. The Hall–Kier alpha value is -0.360. The first kappa shape index (κ1) is 16.6. The van der Waals surface area contributed by atoms with E-state index >= 15 is 0 Å². The summed E-state index contributed by atoms with van der Waals surface area (Å²) in [4.78, 5) is 22.7. The Kier molecular flexibility index (Phi) is 9.44. The molecule has 6 heteroatoms. The maximum atomic E-state index is 11.8. The first-order valence-electron chi connectivity index (χ1n) is 5.77. The fraction of sp³-hybridized carbons (Fsp3) is 0.818. The molecule has 0 fully saturated rings. The molecule has 0 aromatic heterocycles. The smallest absolute Gasteiger partial charge is 0.243 e. The minimum Gasteiger partial charge on any atom is -0.352 e. The van der Waals surface area contributed by atoms with E-state index in [9.17, 15) is 9.59 Å². The van der Waals surface area contributed by atoms with Gasteiger partial charge in [-0.25, -0.2) is 0 Å². The molecule has 0 radical (unpaired) electrons. The van der Waals surface area contributed by atoms with Gasteiger partial charge in [0, 0.05) is 18.7 Å². The third-order valence-electron chi connectivity index (χ3n) is 2.16. The van der Waals surface area contributed by atoms with Crippen LogP contribution in [-0.4, -0.2) is 41.2 Å². The molecule has 0 saturated heterocycles. The van der Waals surface area contributed by atoms with Crippen molar-refractivity contribution in [2.24, 2.45) is 0 Å². The molecule has 4 nitrogen and oxygen atoms in total. The van der Waals surface area contributed by atoms with Crippen molar-refractivity contribution in [3.63, 3.8) is 0 Å². The summed E-state index contributed by atoms with van der Waals surface area (Å²) in [7, 11) is 0. The lowest BCUT2D eigenvalue weighted by Gasteiger charge is -2.19. The molecule has 0 aliphatic rings. The van der Waals surface area contributed by atoms with Crippen LogP contribution < -0.4 is 10.6 Å². The van der Waals surface area contributed by atoms with Gasteiger partial charge in [-0.05, 0) is 24.9 Å². The van der Waals surface area contributed by atoms with Gasteiger partial charge >= 0.3 is 0 Å². The lowest BCUT2D eigenvalue weighted by Crippen LogP contribution is -2.49. The van der Waals surface area contributed by atoms with E-state index in [-0.39, 0.29) is 17.9 Å². The fourth-order valence-corrected chi connectivity index (χ4v) is 2.33. The average Bonchev–Trinajstić information content (AvgIpc) is 2.25. The summed E-state index contributed by atoms with van der Waals surface area (Å²) in [6.45, 7) is 5.48. The Morgan fingerprint density at radius 3 is 2.47 bits per heavy atom. The quantitative estimate of drug-likeness (QED) is 0.460. The predicted octanol–water partition coefficient (Wildman–Crippen LogP) is 1.07. The molecule has 100 valence electrons. The van der Waals surface area contributed by atoms with E-state index in [1.165, 1.54) is 6.92 Å². The summed E-state index contributed by atoms with van der Waals surface area (Å²) in [6, 6.07) is -0.421. The highest BCUT2D eigenvalue weighted by molar-refractivity contribution is 7.99. The number of thiol groups is 1. The number of thioether (sulfide) groups is 1. The average molecular weight is 278 g/mol. The van der Waals surface area contributed by atoms with Gasteiger partial charge in [-0.2, -0.15) is 24.4 Å². The number of hydrogen-bond acceptors (Lipinski definition) is 4. The monoisotopic (exact) mass is 278 g/mol. The van der Waals surface area contributed by atoms with Gasteiger partial charge in [0.15, 0.2) is 0 Å². The van der Waals surface area contributed by atoms with Crippen molar-refractivity contribution in [1.29, 1.82) is 0 Å². The van der Waals surface area contributed by atoms with E-state index in [4.69, 9.17) is 0 Å². The summed E-state index contributed by atoms with van der Waals surface area (Å²) < 4.78 is 0. The standard InChI is InChI=1S/C11H22N2O2S2/c1-4-17-6-5-8(2)12-11(15)10(7-16)13-9(3)14/h8,10,16H,4-7H2,1-3H3,(H,12,15)(H,13,14). The van der Waals surface area contributed by atoms with Crippen LogP contribution in [0.15, 0.2) is 0 Å². The van der Waals surface area contributed by atoms with Crippen molar-refractivity contribution in [1.82, 2.24) is 10.6 Å². The number of rotatable bonds is 8. The highest BCUT2D eigenvalue weighted by atomic mass is 32.2. The Balaban J connectivity index is 3.99. The largest absolute Gasteiger partial charge is 0.352 e. The van der Waals surface area contributed by atoms with Crippen molar-refractivity contribution in [3.8, 4) is 0 Å². The first-order valence-corrected chi connectivity index (χ1v) is 7.56. The molecule has 17 heavy (non-hydrogen) atoms. The van der Waals surface area contributed by atoms with Gasteiger partial charge in [-0.3, -0.25) is 9.59 Å². The van der Waals surface area contributed by atoms with Crippen molar-refractivity contribution >= 4 is 36.2 Å². The Morgan fingerprint density at radius 1 is 1.35 bits per heavy atom. The maximum absolute atomic E-state index is 11.8. The van der Waals surface area contributed by atoms with Gasteiger partial charge in [0.05, 0.1) is 0 Å². The summed E-state index contributed by atoms with van der Waals surface area (Å²) in [5, 5.41) is 5.45. The van der Waals surface area contributed by atoms with Gasteiger partial charge in [0.1, 0.15) is 6.04 Å². The van der Waals surface area contributed by atoms with Crippen LogP contribution in [0.4, 0.5) is 0 Å². The zero-order valence-corrected chi connectivity index (χ0v) is 12.4. The fourth-order valence-electron chi connectivity index (χ4n) is 1.26. The lowest BCUT2D eigenvalue weighted by molar-refractivity contribution is -0.127. The van der Waals surface area contributed by atoms with Crippen molar-refractivity contribution in [3.05, 3.63) is 0 Å². The topological polar surface area (TPSA) is 58.2 Å². The molecule has 0 rings (SSSR count). The molecule has 0 aliphatic heterocycles. The van der Waals surface area contributed by atoms with E-state index < -0.39 is 6.04 Å². The zero-order chi connectivity index (χ0) is 13.3. The van der Waals surface area contributed by atoms with Crippen molar-refractivity contribution < 1.29 is 9.59 Å². The van der Waals surface area contributed by atoms with E-state index in [0.717, 1.165) is 17.9 Å². The van der Waals surface area contributed by atoms with Crippen LogP contribution in [0.1, 0.15) is 27.2 Å².